The Hall–Kier alpha value is -2.75. The number of aromatic amines is 1. The lowest BCUT2D eigenvalue weighted by molar-refractivity contribution is 0.0697. The van der Waals surface area contributed by atoms with Gasteiger partial charge in [-0.25, -0.2) is 4.79 Å². The van der Waals surface area contributed by atoms with Crippen LogP contribution in [-0.2, 0) is 0 Å². The van der Waals surface area contributed by atoms with E-state index in [1.54, 1.807) is 30.3 Å². The SMILES string of the molecule is Nc1cc2ccccc2[nH]1.O=C(O)c1ccccc1. The van der Waals surface area contributed by atoms with Gasteiger partial charge < -0.3 is 15.8 Å². The summed E-state index contributed by atoms with van der Waals surface area (Å²) in [5.74, 6) is -0.156. The molecule has 0 spiro atoms. The first-order valence-electron chi connectivity index (χ1n) is 5.78. The summed E-state index contributed by atoms with van der Waals surface area (Å²) < 4.78 is 0. The molecule has 3 aromatic rings. The molecule has 0 aliphatic heterocycles. The van der Waals surface area contributed by atoms with Gasteiger partial charge in [-0.1, -0.05) is 36.4 Å². The number of hydrogen-bond acceptors (Lipinski definition) is 2. The highest BCUT2D eigenvalue weighted by Gasteiger charge is 1.96. The fourth-order valence-electron chi connectivity index (χ4n) is 1.68. The van der Waals surface area contributed by atoms with E-state index < -0.39 is 5.97 Å². The summed E-state index contributed by atoms with van der Waals surface area (Å²) in [6.45, 7) is 0. The molecule has 0 aliphatic rings. The molecule has 0 saturated heterocycles. The molecule has 4 heteroatoms. The summed E-state index contributed by atoms with van der Waals surface area (Å²) >= 11 is 0. The zero-order valence-corrected chi connectivity index (χ0v) is 10.2. The largest absolute Gasteiger partial charge is 0.478 e. The fraction of sp³-hybridized carbons (Fsp3) is 0. The highest BCUT2D eigenvalue weighted by molar-refractivity contribution is 5.87. The number of benzene rings is 2. The van der Waals surface area contributed by atoms with E-state index in [1.165, 1.54) is 5.39 Å². The normalized spacial score (nSPS) is 9.68. The van der Waals surface area contributed by atoms with Crippen LogP contribution in [0.2, 0.25) is 0 Å². The average molecular weight is 254 g/mol. The van der Waals surface area contributed by atoms with Crippen LogP contribution in [0.5, 0.6) is 0 Å². The van der Waals surface area contributed by atoms with Crippen LogP contribution in [0.1, 0.15) is 10.4 Å². The lowest BCUT2D eigenvalue weighted by Gasteiger charge is -1.88. The third kappa shape index (κ3) is 3.35. The molecule has 19 heavy (non-hydrogen) atoms. The number of nitrogen functional groups attached to an aromatic ring is 1. The quantitative estimate of drug-likeness (QED) is 0.624. The monoisotopic (exact) mass is 254 g/mol. The molecule has 0 atom stereocenters. The van der Waals surface area contributed by atoms with E-state index in [0.717, 1.165) is 11.3 Å². The third-order valence-electron chi connectivity index (χ3n) is 2.57. The van der Waals surface area contributed by atoms with Crippen molar-refractivity contribution in [1.82, 2.24) is 4.98 Å². The molecule has 1 aromatic heterocycles. The Balaban J connectivity index is 0.000000141. The van der Waals surface area contributed by atoms with Crippen molar-refractivity contribution in [1.29, 1.82) is 0 Å². The Morgan fingerprint density at radius 3 is 2.21 bits per heavy atom. The van der Waals surface area contributed by atoms with Crippen LogP contribution in [0.15, 0.2) is 60.7 Å². The van der Waals surface area contributed by atoms with E-state index in [9.17, 15) is 4.79 Å². The van der Waals surface area contributed by atoms with Gasteiger partial charge in [-0.15, -0.1) is 0 Å². The first-order chi connectivity index (χ1) is 9.16. The van der Waals surface area contributed by atoms with Crippen LogP contribution in [0.3, 0.4) is 0 Å². The average Bonchev–Trinajstić information content (AvgIpc) is 2.80. The van der Waals surface area contributed by atoms with Crippen LogP contribution < -0.4 is 5.73 Å². The number of fused-ring (bicyclic) bond motifs is 1. The standard InChI is InChI=1S/C8H8N2.C7H6O2/c9-8-5-6-3-1-2-4-7(6)10-8;8-7(9)6-4-2-1-3-5-6/h1-5,10H,9H2;1-5H,(H,8,9). The highest BCUT2D eigenvalue weighted by Crippen LogP contribution is 2.14. The Labute approximate surface area is 110 Å². The molecule has 1 heterocycles. The second-order valence-corrected chi connectivity index (χ2v) is 3.98. The Kier molecular flexibility index (Phi) is 3.83. The first-order valence-corrected chi connectivity index (χ1v) is 5.78. The molecule has 0 saturated carbocycles. The number of rotatable bonds is 1. The number of aromatic carboxylic acids is 1. The number of carboxylic acids is 1. The van der Waals surface area contributed by atoms with Crippen LogP contribution in [0.25, 0.3) is 10.9 Å². The van der Waals surface area contributed by atoms with Gasteiger partial charge in [0.25, 0.3) is 0 Å². The summed E-state index contributed by atoms with van der Waals surface area (Å²) in [7, 11) is 0. The van der Waals surface area contributed by atoms with Crippen molar-refractivity contribution < 1.29 is 9.90 Å². The molecule has 2 aromatic carbocycles. The lowest BCUT2D eigenvalue weighted by atomic mass is 10.2. The maximum absolute atomic E-state index is 10.2. The molecular weight excluding hydrogens is 240 g/mol. The van der Waals surface area contributed by atoms with E-state index in [4.69, 9.17) is 10.8 Å². The van der Waals surface area contributed by atoms with Crippen molar-refractivity contribution in [3.05, 3.63) is 66.2 Å². The van der Waals surface area contributed by atoms with E-state index in [0.29, 0.717) is 5.56 Å². The predicted molar refractivity (Wildman–Crippen MR) is 76.1 cm³/mol. The van der Waals surface area contributed by atoms with Crippen LogP contribution in [0.4, 0.5) is 5.82 Å². The number of carboxylic acid groups (broad SMARTS) is 1. The molecule has 0 unspecified atom stereocenters. The van der Waals surface area contributed by atoms with Crippen molar-refractivity contribution in [3.8, 4) is 0 Å². The van der Waals surface area contributed by atoms with Gasteiger partial charge in [0.1, 0.15) is 5.82 Å². The summed E-state index contributed by atoms with van der Waals surface area (Å²) in [6, 6.07) is 18.2. The maximum Gasteiger partial charge on any atom is 0.335 e. The zero-order chi connectivity index (χ0) is 13.7. The lowest BCUT2D eigenvalue weighted by Crippen LogP contribution is -1.93. The Bertz CT molecular complexity index is 642. The van der Waals surface area contributed by atoms with Crippen LogP contribution in [-0.4, -0.2) is 16.1 Å². The van der Waals surface area contributed by atoms with Gasteiger partial charge in [0.05, 0.1) is 5.56 Å². The number of anilines is 1. The molecule has 0 amide bonds. The van der Waals surface area contributed by atoms with E-state index in [1.807, 2.05) is 30.3 Å². The van der Waals surface area contributed by atoms with Gasteiger partial charge in [0, 0.05) is 10.9 Å². The topological polar surface area (TPSA) is 79.1 Å². The number of H-pyrrole nitrogens is 1. The van der Waals surface area contributed by atoms with Crippen molar-refractivity contribution >= 4 is 22.7 Å². The van der Waals surface area contributed by atoms with Crippen LogP contribution >= 0.6 is 0 Å². The van der Waals surface area contributed by atoms with Gasteiger partial charge in [0.2, 0.25) is 0 Å². The molecule has 0 radical (unpaired) electrons. The number of hydrogen-bond donors (Lipinski definition) is 3. The number of carbonyl (C=O) groups is 1. The molecule has 4 N–H and O–H groups in total. The van der Waals surface area contributed by atoms with Crippen molar-refractivity contribution in [2.24, 2.45) is 0 Å². The number of aromatic nitrogens is 1. The van der Waals surface area contributed by atoms with Crippen molar-refractivity contribution in [2.75, 3.05) is 5.73 Å². The van der Waals surface area contributed by atoms with Gasteiger partial charge in [-0.05, 0) is 24.3 Å². The predicted octanol–water partition coefficient (Wildman–Crippen LogP) is 3.13. The van der Waals surface area contributed by atoms with Gasteiger partial charge in [-0.3, -0.25) is 0 Å². The molecule has 4 nitrogen and oxygen atoms in total. The summed E-state index contributed by atoms with van der Waals surface area (Å²) in [5, 5.41) is 9.55. The number of nitrogens with two attached hydrogens (primary N) is 1. The summed E-state index contributed by atoms with van der Waals surface area (Å²) in [4.78, 5) is 13.2. The van der Waals surface area contributed by atoms with E-state index in [2.05, 4.69) is 4.98 Å². The number of para-hydroxylation sites is 1. The minimum atomic E-state index is -0.879. The third-order valence-corrected chi connectivity index (χ3v) is 2.57. The second-order valence-electron chi connectivity index (χ2n) is 3.98. The van der Waals surface area contributed by atoms with E-state index in [-0.39, 0.29) is 0 Å². The molecule has 0 bridgehead atoms. The van der Waals surface area contributed by atoms with Crippen molar-refractivity contribution in [2.45, 2.75) is 0 Å². The fourth-order valence-corrected chi connectivity index (χ4v) is 1.68. The first kappa shape index (κ1) is 12.7. The molecule has 96 valence electrons. The Morgan fingerprint density at radius 2 is 1.63 bits per heavy atom. The molecule has 0 aliphatic carbocycles. The molecule has 3 rings (SSSR count). The maximum atomic E-state index is 10.2. The van der Waals surface area contributed by atoms with Gasteiger partial charge >= 0.3 is 5.97 Å². The second kappa shape index (κ2) is 5.73. The van der Waals surface area contributed by atoms with Gasteiger partial charge in [-0.2, -0.15) is 0 Å². The smallest absolute Gasteiger partial charge is 0.335 e. The summed E-state index contributed by atoms with van der Waals surface area (Å²) in [6.07, 6.45) is 0. The van der Waals surface area contributed by atoms with Crippen LogP contribution in [0, 0.1) is 0 Å². The molecular formula is C15H14N2O2. The minimum absolute atomic E-state index is 0.331. The molecule has 0 fully saturated rings. The summed E-state index contributed by atoms with van der Waals surface area (Å²) in [5.41, 5.74) is 6.96. The highest BCUT2D eigenvalue weighted by atomic mass is 16.4. The van der Waals surface area contributed by atoms with Crippen molar-refractivity contribution in [3.63, 3.8) is 0 Å². The minimum Gasteiger partial charge on any atom is -0.478 e. The van der Waals surface area contributed by atoms with Gasteiger partial charge in [0.15, 0.2) is 0 Å². The Morgan fingerprint density at radius 1 is 1.00 bits per heavy atom. The number of nitrogens with one attached hydrogen (secondary N) is 1. The van der Waals surface area contributed by atoms with E-state index >= 15 is 0 Å². The zero-order valence-electron chi connectivity index (χ0n) is 10.2.